The Labute approximate surface area is 94.2 Å². The van der Waals surface area contributed by atoms with Gasteiger partial charge in [0.25, 0.3) is 0 Å². The molecule has 0 atom stereocenters. The molecule has 0 saturated carbocycles. The van der Waals surface area contributed by atoms with Crippen molar-refractivity contribution in [3.05, 3.63) is 29.6 Å². The van der Waals surface area contributed by atoms with Gasteiger partial charge in [-0.3, -0.25) is 0 Å². The third-order valence-electron chi connectivity index (χ3n) is 1.80. The van der Waals surface area contributed by atoms with Crippen LogP contribution in [0.25, 0.3) is 0 Å². The largest absolute Gasteiger partial charge is 0.432 e. The molecule has 0 fully saturated rings. The zero-order valence-corrected chi connectivity index (χ0v) is 9.77. The van der Waals surface area contributed by atoms with E-state index in [1.807, 2.05) is 0 Å². The quantitative estimate of drug-likeness (QED) is 0.746. The summed E-state index contributed by atoms with van der Waals surface area (Å²) < 4.78 is 39.9. The van der Waals surface area contributed by atoms with Crippen LogP contribution in [0.1, 0.15) is 32.3 Å². The van der Waals surface area contributed by atoms with Crippen molar-refractivity contribution < 1.29 is 17.9 Å². The second kappa shape index (κ2) is 8.02. The summed E-state index contributed by atoms with van der Waals surface area (Å²) in [6.07, 6.45) is 2.64. The van der Waals surface area contributed by atoms with Crippen LogP contribution in [0.5, 0.6) is 5.75 Å². The van der Waals surface area contributed by atoms with E-state index in [2.05, 4.69) is 18.6 Å². The fourth-order valence-corrected chi connectivity index (χ4v) is 0.797. The summed E-state index contributed by atoms with van der Waals surface area (Å²) in [5.74, 6) is -1.19. The number of rotatable bonds is 3. The van der Waals surface area contributed by atoms with Crippen molar-refractivity contribution in [2.75, 3.05) is 0 Å². The van der Waals surface area contributed by atoms with E-state index >= 15 is 0 Å². The molecule has 0 aliphatic carbocycles. The fourth-order valence-electron chi connectivity index (χ4n) is 0.797. The summed E-state index contributed by atoms with van der Waals surface area (Å²) in [7, 11) is 0. The molecule has 92 valence electrons. The molecule has 0 spiro atoms. The van der Waals surface area contributed by atoms with Gasteiger partial charge in [0.2, 0.25) is 0 Å². The Morgan fingerprint density at radius 1 is 1.19 bits per heavy atom. The van der Waals surface area contributed by atoms with E-state index < -0.39 is 18.2 Å². The highest BCUT2D eigenvalue weighted by Gasteiger charge is 2.08. The predicted octanol–water partition coefficient (Wildman–Crippen LogP) is 4.54. The van der Waals surface area contributed by atoms with Crippen LogP contribution in [0, 0.1) is 12.7 Å². The molecular weight excluding hydrogens is 217 g/mol. The number of unbranched alkanes of at least 4 members (excludes halogenated alkanes) is 1. The highest BCUT2D eigenvalue weighted by atomic mass is 19.3. The minimum Gasteiger partial charge on any atom is -0.432 e. The van der Waals surface area contributed by atoms with Gasteiger partial charge in [-0.05, 0) is 24.6 Å². The maximum Gasteiger partial charge on any atom is 0.387 e. The van der Waals surface area contributed by atoms with Gasteiger partial charge in [0.1, 0.15) is 0 Å². The topological polar surface area (TPSA) is 9.23 Å². The fraction of sp³-hybridized carbons (Fsp3) is 0.500. The summed E-state index contributed by atoms with van der Waals surface area (Å²) in [6.45, 7) is 3.04. The molecule has 0 bridgehead atoms. The molecule has 1 nitrogen and oxygen atoms in total. The van der Waals surface area contributed by atoms with Crippen LogP contribution in [0.15, 0.2) is 18.2 Å². The molecule has 0 aliphatic rings. The second-order valence-electron chi connectivity index (χ2n) is 3.31. The molecule has 1 aromatic carbocycles. The average Bonchev–Trinajstić information content (AvgIpc) is 2.23. The van der Waals surface area contributed by atoms with Crippen LogP contribution in [0.2, 0.25) is 0 Å². The standard InChI is InChI=1S/C8H7F3O.C4H10/c1-5-2-3-6(9)7(4-5)12-8(10)11;1-3-4-2/h2-4,8H,1H3;3-4H2,1-2H3. The summed E-state index contributed by atoms with van der Waals surface area (Å²) >= 11 is 0. The molecule has 16 heavy (non-hydrogen) atoms. The lowest BCUT2D eigenvalue weighted by Gasteiger charge is -2.05. The molecular formula is C12H17F3O. The van der Waals surface area contributed by atoms with Crippen LogP contribution < -0.4 is 4.74 Å². The number of alkyl halides is 2. The van der Waals surface area contributed by atoms with Gasteiger partial charge in [0, 0.05) is 0 Å². The first-order valence-corrected chi connectivity index (χ1v) is 5.22. The lowest BCUT2D eigenvalue weighted by molar-refractivity contribution is -0.0522. The monoisotopic (exact) mass is 234 g/mol. The van der Waals surface area contributed by atoms with Gasteiger partial charge in [-0.15, -0.1) is 0 Å². The Kier molecular flexibility index (Phi) is 7.42. The van der Waals surface area contributed by atoms with Crippen molar-refractivity contribution in [3.8, 4) is 5.75 Å². The number of benzene rings is 1. The van der Waals surface area contributed by atoms with Gasteiger partial charge in [-0.1, -0.05) is 32.8 Å². The third kappa shape index (κ3) is 6.32. The Morgan fingerprint density at radius 3 is 2.19 bits per heavy atom. The number of hydrogen-bond donors (Lipinski definition) is 0. The third-order valence-corrected chi connectivity index (χ3v) is 1.80. The minimum atomic E-state index is -2.98. The van der Waals surface area contributed by atoms with Crippen molar-refractivity contribution in [2.24, 2.45) is 0 Å². The number of halogens is 3. The van der Waals surface area contributed by atoms with Gasteiger partial charge in [-0.2, -0.15) is 8.78 Å². The SMILES string of the molecule is CCCC.Cc1ccc(F)c(OC(F)F)c1. The first-order valence-electron chi connectivity index (χ1n) is 5.22. The Balaban J connectivity index is 0.000000487. The van der Waals surface area contributed by atoms with Crippen molar-refractivity contribution in [3.63, 3.8) is 0 Å². The van der Waals surface area contributed by atoms with E-state index in [1.54, 1.807) is 6.92 Å². The highest BCUT2D eigenvalue weighted by molar-refractivity contribution is 5.29. The van der Waals surface area contributed by atoms with E-state index in [9.17, 15) is 13.2 Å². The first-order chi connectivity index (χ1) is 7.51. The first kappa shape index (κ1) is 14.8. The lowest BCUT2D eigenvalue weighted by atomic mass is 10.2. The Hall–Kier alpha value is -1.19. The van der Waals surface area contributed by atoms with Gasteiger partial charge >= 0.3 is 6.61 Å². The summed E-state index contributed by atoms with van der Waals surface area (Å²) in [6, 6.07) is 3.79. The molecule has 0 radical (unpaired) electrons. The summed E-state index contributed by atoms with van der Waals surface area (Å²) in [5, 5.41) is 0. The van der Waals surface area contributed by atoms with Gasteiger partial charge < -0.3 is 4.74 Å². The van der Waals surface area contributed by atoms with E-state index in [0.29, 0.717) is 5.56 Å². The van der Waals surface area contributed by atoms with Gasteiger partial charge in [0.15, 0.2) is 11.6 Å². The highest BCUT2D eigenvalue weighted by Crippen LogP contribution is 2.20. The van der Waals surface area contributed by atoms with Gasteiger partial charge in [0.05, 0.1) is 0 Å². The summed E-state index contributed by atoms with van der Waals surface area (Å²) in [5.41, 5.74) is 0.673. The molecule has 0 heterocycles. The van der Waals surface area contributed by atoms with Crippen molar-refractivity contribution in [2.45, 2.75) is 40.2 Å². The molecule has 0 amide bonds. The van der Waals surface area contributed by atoms with E-state index in [-0.39, 0.29) is 0 Å². The second-order valence-corrected chi connectivity index (χ2v) is 3.31. The molecule has 0 saturated heterocycles. The zero-order valence-electron chi connectivity index (χ0n) is 9.77. The van der Waals surface area contributed by atoms with Crippen LogP contribution in [-0.2, 0) is 0 Å². The van der Waals surface area contributed by atoms with Crippen molar-refractivity contribution in [1.82, 2.24) is 0 Å². The van der Waals surface area contributed by atoms with E-state index in [1.165, 1.54) is 25.0 Å². The molecule has 0 unspecified atom stereocenters. The molecule has 1 rings (SSSR count). The van der Waals surface area contributed by atoms with Crippen LogP contribution in [0.3, 0.4) is 0 Å². The van der Waals surface area contributed by atoms with Crippen LogP contribution in [0.4, 0.5) is 13.2 Å². The Bertz CT molecular complexity index is 298. The molecule has 1 aromatic rings. The zero-order chi connectivity index (χ0) is 12.6. The minimum absolute atomic E-state index is 0.412. The normalized spacial score (nSPS) is 9.69. The smallest absolute Gasteiger partial charge is 0.387 e. The number of ether oxygens (including phenoxy) is 1. The molecule has 0 aromatic heterocycles. The maximum absolute atomic E-state index is 12.7. The Morgan fingerprint density at radius 2 is 1.75 bits per heavy atom. The van der Waals surface area contributed by atoms with Crippen molar-refractivity contribution >= 4 is 0 Å². The average molecular weight is 234 g/mol. The number of hydrogen-bond acceptors (Lipinski definition) is 1. The van der Waals surface area contributed by atoms with E-state index in [0.717, 1.165) is 6.07 Å². The molecule has 0 N–H and O–H groups in total. The summed E-state index contributed by atoms with van der Waals surface area (Å²) in [4.78, 5) is 0. The van der Waals surface area contributed by atoms with Gasteiger partial charge in [-0.25, -0.2) is 4.39 Å². The van der Waals surface area contributed by atoms with Crippen molar-refractivity contribution in [1.29, 1.82) is 0 Å². The maximum atomic E-state index is 12.7. The predicted molar refractivity (Wildman–Crippen MR) is 58.4 cm³/mol. The number of aryl methyl sites for hydroxylation is 1. The molecule has 0 aliphatic heterocycles. The molecule has 4 heteroatoms. The van der Waals surface area contributed by atoms with Crippen LogP contribution in [-0.4, -0.2) is 6.61 Å². The lowest BCUT2D eigenvalue weighted by Crippen LogP contribution is -2.03. The van der Waals surface area contributed by atoms with Crippen LogP contribution >= 0.6 is 0 Å². The van der Waals surface area contributed by atoms with E-state index in [4.69, 9.17) is 0 Å².